The first-order chi connectivity index (χ1) is 8.24. The minimum Gasteiger partial charge on any atom is -0.308 e. The minimum atomic E-state index is 0.298. The third-order valence-electron chi connectivity index (χ3n) is 2.54. The highest BCUT2D eigenvalue weighted by atomic mass is 35.5. The van der Waals surface area contributed by atoms with Gasteiger partial charge in [-0.3, -0.25) is 4.68 Å². The van der Waals surface area contributed by atoms with E-state index in [2.05, 4.69) is 31.2 Å². The second-order valence-electron chi connectivity index (χ2n) is 3.87. The van der Waals surface area contributed by atoms with Crippen LogP contribution < -0.4 is 5.32 Å². The molecule has 98 valence electrons. The number of aryl methyl sites for hydroxylation is 1. The van der Waals surface area contributed by atoms with E-state index in [1.54, 1.807) is 6.20 Å². The third-order valence-corrected chi connectivity index (χ3v) is 3.81. The van der Waals surface area contributed by atoms with Crippen LogP contribution in [-0.4, -0.2) is 27.8 Å². The average Bonchev–Trinajstić information content (AvgIpc) is 2.67. The first-order valence-electron chi connectivity index (χ1n) is 6.26. The van der Waals surface area contributed by atoms with E-state index in [0.717, 1.165) is 41.7 Å². The Morgan fingerprint density at radius 3 is 2.82 bits per heavy atom. The third kappa shape index (κ3) is 4.19. The van der Waals surface area contributed by atoms with Gasteiger partial charge in [0.2, 0.25) is 0 Å². The van der Waals surface area contributed by atoms with Crippen LogP contribution in [0.15, 0.2) is 6.20 Å². The molecule has 1 aromatic heterocycles. The molecule has 0 aliphatic rings. The molecule has 3 nitrogen and oxygen atoms in total. The van der Waals surface area contributed by atoms with Crippen LogP contribution in [0.2, 0.25) is 5.02 Å². The molecule has 0 radical (unpaired) electrons. The normalized spacial score (nSPS) is 12.9. The number of nitrogens with zero attached hydrogens (tertiary/aromatic N) is 2. The first kappa shape index (κ1) is 14.9. The van der Waals surface area contributed by atoms with Crippen molar-refractivity contribution < 1.29 is 0 Å². The Kier molecular flexibility index (Phi) is 7.00. The Morgan fingerprint density at radius 1 is 1.47 bits per heavy atom. The maximum Gasteiger partial charge on any atom is 0.0834 e. The molecule has 0 aromatic carbocycles. The zero-order valence-electron chi connectivity index (χ0n) is 10.9. The molecular formula is C12H22ClN3S. The van der Waals surface area contributed by atoms with Crippen molar-refractivity contribution in [2.45, 2.75) is 39.8 Å². The van der Waals surface area contributed by atoms with Gasteiger partial charge >= 0.3 is 0 Å². The van der Waals surface area contributed by atoms with Crippen molar-refractivity contribution in [3.63, 3.8) is 0 Å². The van der Waals surface area contributed by atoms with E-state index < -0.39 is 0 Å². The predicted octanol–water partition coefficient (Wildman–Crippen LogP) is 3.35. The summed E-state index contributed by atoms with van der Waals surface area (Å²) in [6.07, 6.45) is 2.83. The summed E-state index contributed by atoms with van der Waals surface area (Å²) in [7, 11) is 0. The lowest BCUT2D eigenvalue weighted by atomic mass is 10.2. The number of nitrogens with one attached hydrogen (secondary N) is 1. The summed E-state index contributed by atoms with van der Waals surface area (Å²) < 4.78 is 2.03. The molecular weight excluding hydrogens is 254 g/mol. The van der Waals surface area contributed by atoms with Gasteiger partial charge in [-0.05, 0) is 18.7 Å². The van der Waals surface area contributed by atoms with Crippen LogP contribution in [-0.2, 0) is 6.54 Å². The van der Waals surface area contributed by atoms with Crippen molar-refractivity contribution >= 4 is 23.4 Å². The zero-order valence-corrected chi connectivity index (χ0v) is 12.4. The zero-order chi connectivity index (χ0) is 12.7. The van der Waals surface area contributed by atoms with Crippen LogP contribution in [0.1, 0.15) is 38.9 Å². The van der Waals surface area contributed by atoms with Gasteiger partial charge in [0.05, 0.1) is 23.0 Å². The van der Waals surface area contributed by atoms with Crippen LogP contribution in [0.4, 0.5) is 0 Å². The van der Waals surface area contributed by atoms with Gasteiger partial charge in [0.15, 0.2) is 0 Å². The molecule has 0 saturated carbocycles. The van der Waals surface area contributed by atoms with E-state index in [-0.39, 0.29) is 0 Å². The van der Waals surface area contributed by atoms with E-state index in [1.165, 1.54) is 0 Å². The lowest BCUT2D eigenvalue weighted by molar-refractivity contribution is 0.508. The fourth-order valence-electron chi connectivity index (χ4n) is 1.82. The molecule has 17 heavy (non-hydrogen) atoms. The van der Waals surface area contributed by atoms with Crippen molar-refractivity contribution in [3.8, 4) is 0 Å². The lowest BCUT2D eigenvalue weighted by Crippen LogP contribution is -2.26. The molecule has 1 aromatic rings. The molecule has 5 heteroatoms. The molecule has 0 amide bonds. The van der Waals surface area contributed by atoms with Crippen LogP contribution in [0.25, 0.3) is 0 Å². The summed E-state index contributed by atoms with van der Waals surface area (Å²) >= 11 is 8.19. The predicted molar refractivity (Wildman–Crippen MR) is 76.9 cm³/mol. The van der Waals surface area contributed by atoms with Crippen LogP contribution in [0, 0.1) is 0 Å². The van der Waals surface area contributed by atoms with Gasteiger partial charge in [-0.25, -0.2) is 0 Å². The second-order valence-corrected chi connectivity index (χ2v) is 5.60. The average molecular weight is 276 g/mol. The van der Waals surface area contributed by atoms with Crippen molar-refractivity contribution in [2.24, 2.45) is 0 Å². The van der Waals surface area contributed by atoms with Gasteiger partial charge in [0, 0.05) is 12.3 Å². The monoisotopic (exact) mass is 275 g/mol. The summed E-state index contributed by atoms with van der Waals surface area (Å²) in [6, 6.07) is 0.298. The highest BCUT2D eigenvalue weighted by Crippen LogP contribution is 2.25. The topological polar surface area (TPSA) is 29.9 Å². The number of hydrogen-bond donors (Lipinski definition) is 1. The van der Waals surface area contributed by atoms with Gasteiger partial charge in [-0.2, -0.15) is 16.9 Å². The summed E-state index contributed by atoms with van der Waals surface area (Å²) in [5.74, 6) is 2.17. The second kappa shape index (κ2) is 8.01. The Labute approximate surface area is 113 Å². The number of hydrogen-bond acceptors (Lipinski definition) is 3. The van der Waals surface area contributed by atoms with E-state index >= 15 is 0 Å². The Balaban J connectivity index is 2.86. The smallest absolute Gasteiger partial charge is 0.0834 e. The molecule has 0 saturated heterocycles. The van der Waals surface area contributed by atoms with E-state index in [0.29, 0.717) is 6.04 Å². The maximum absolute atomic E-state index is 6.26. The number of thioether (sulfide) groups is 1. The van der Waals surface area contributed by atoms with Crippen molar-refractivity contribution in [3.05, 3.63) is 16.9 Å². The quantitative estimate of drug-likeness (QED) is 0.789. The van der Waals surface area contributed by atoms with Gasteiger partial charge in [0.25, 0.3) is 0 Å². The van der Waals surface area contributed by atoms with Gasteiger partial charge in [0.1, 0.15) is 0 Å². The van der Waals surface area contributed by atoms with E-state index in [1.807, 2.05) is 16.4 Å². The standard InChI is InChI=1S/C12H22ClN3S/c1-4-7-16-12(10(13)8-15-16)11(14-5-2)9-17-6-3/h8,11,14H,4-7,9H2,1-3H3. The van der Waals surface area contributed by atoms with Crippen molar-refractivity contribution in [1.82, 2.24) is 15.1 Å². The van der Waals surface area contributed by atoms with Crippen molar-refractivity contribution in [2.75, 3.05) is 18.1 Å². The highest BCUT2D eigenvalue weighted by Gasteiger charge is 2.19. The van der Waals surface area contributed by atoms with Crippen LogP contribution >= 0.6 is 23.4 Å². The lowest BCUT2D eigenvalue weighted by Gasteiger charge is -2.19. The van der Waals surface area contributed by atoms with E-state index in [9.17, 15) is 0 Å². The number of aromatic nitrogens is 2. The summed E-state index contributed by atoms with van der Waals surface area (Å²) in [6.45, 7) is 8.34. The molecule has 0 bridgehead atoms. The van der Waals surface area contributed by atoms with Crippen molar-refractivity contribution in [1.29, 1.82) is 0 Å². The van der Waals surface area contributed by atoms with Gasteiger partial charge in [-0.1, -0.05) is 32.4 Å². The summed E-state index contributed by atoms with van der Waals surface area (Å²) in [5, 5.41) is 8.62. The molecule has 1 rings (SSSR count). The van der Waals surface area contributed by atoms with Gasteiger partial charge < -0.3 is 5.32 Å². The van der Waals surface area contributed by atoms with Gasteiger partial charge in [-0.15, -0.1) is 0 Å². The summed E-state index contributed by atoms with van der Waals surface area (Å²) in [5.41, 5.74) is 1.14. The highest BCUT2D eigenvalue weighted by molar-refractivity contribution is 7.99. The molecule has 0 aliphatic heterocycles. The molecule has 1 heterocycles. The van der Waals surface area contributed by atoms with Crippen LogP contribution in [0.5, 0.6) is 0 Å². The Morgan fingerprint density at radius 2 is 2.24 bits per heavy atom. The molecule has 0 fully saturated rings. The fourth-order valence-corrected chi connectivity index (χ4v) is 2.84. The molecule has 1 unspecified atom stereocenters. The first-order valence-corrected chi connectivity index (χ1v) is 7.80. The summed E-state index contributed by atoms with van der Waals surface area (Å²) in [4.78, 5) is 0. The Bertz CT molecular complexity index is 328. The number of rotatable bonds is 8. The molecule has 1 atom stereocenters. The maximum atomic E-state index is 6.26. The SMILES string of the molecule is CCCn1ncc(Cl)c1C(CSCC)NCC. The minimum absolute atomic E-state index is 0.298. The fraction of sp³-hybridized carbons (Fsp3) is 0.750. The molecule has 0 spiro atoms. The Hall–Kier alpha value is -0.190. The van der Waals surface area contributed by atoms with E-state index in [4.69, 9.17) is 11.6 Å². The molecule has 0 aliphatic carbocycles. The largest absolute Gasteiger partial charge is 0.308 e. The van der Waals surface area contributed by atoms with Crippen LogP contribution in [0.3, 0.4) is 0 Å². The molecule has 1 N–H and O–H groups in total. The number of halogens is 1.